The van der Waals surface area contributed by atoms with Gasteiger partial charge in [0.25, 0.3) is 0 Å². The van der Waals surface area contributed by atoms with Crippen molar-refractivity contribution in [3.8, 4) is 0 Å². The summed E-state index contributed by atoms with van der Waals surface area (Å²) in [5.41, 5.74) is 2.26. The first-order chi connectivity index (χ1) is 8.17. The molecule has 0 aromatic carbocycles. The van der Waals surface area contributed by atoms with Crippen LogP contribution in [0.5, 0.6) is 0 Å². The Bertz CT molecular complexity index is 359. The molecule has 2 N–H and O–H groups in total. The van der Waals surface area contributed by atoms with Gasteiger partial charge in [0.2, 0.25) is 5.91 Å². The fraction of sp³-hybridized carbons (Fsp3) is 0.667. The SMILES string of the molecule is CCNC(=O)CCNCc1cc(CC)nn1C. The molecule has 1 heterocycles. The van der Waals surface area contributed by atoms with Crippen LogP contribution in [0.15, 0.2) is 6.07 Å². The van der Waals surface area contributed by atoms with Gasteiger partial charge >= 0.3 is 0 Å². The van der Waals surface area contributed by atoms with Gasteiger partial charge in [-0.15, -0.1) is 0 Å². The van der Waals surface area contributed by atoms with Crippen LogP contribution in [0.25, 0.3) is 0 Å². The number of nitrogens with one attached hydrogen (secondary N) is 2. The smallest absolute Gasteiger partial charge is 0.221 e. The van der Waals surface area contributed by atoms with E-state index in [4.69, 9.17) is 0 Å². The van der Waals surface area contributed by atoms with E-state index in [0.29, 0.717) is 19.5 Å². The van der Waals surface area contributed by atoms with Crippen LogP contribution in [-0.4, -0.2) is 28.8 Å². The van der Waals surface area contributed by atoms with Crippen LogP contribution in [0.2, 0.25) is 0 Å². The second-order valence-corrected chi connectivity index (χ2v) is 3.98. The Labute approximate surface area is 103 Å². The highest BCUT2D eigenvalue weighted by Crippen LogP contribution is 2.03. The average molecular weight is 238 g/mol. The summed E-state index contributed by atoms with van der Waals surface area (Å²) in [5.74, 6) is 0.0965. The summed E-state index contributed by atoms with van der Waals surface area (Å²) in [6.45, 7) is 6.16. The van der Waals surface area contributed by atoms with Crippen molar-refractivity contribution < 1.29 is 4.79 Å². The summed E-state index contributed by atoms with van der Waals surface area (Å²) in [4.78, 5) is 11.2. The maximum atomic E-state index is 11.2. The molecule has 0 unspecified atom stereocenters. The van der Waals surface area contributed by atoms with Crippen molar-refractivity contribution in [1.82, 2.24) is 20.4 Å². The first kappa shape index (κ1) is 13.7. The van der Waals surface area contributed by atoms with Gasteiger partial charge in [-0.05, 0) is 19.4 Å². The minimum Gasteiger partial charge on any atom is -0.356 e. The Balaban J connectivity index is 2.26. The van der Waals surface area contributed by atoms with E-state index in [1.165, 1.54) is 0 Å². The summed E-state index contributed by atoms with van der Waals surface area (Å²) >= 11 is 0. The molecule has 1 rings (SSSR count). The van der Waals surface area contributed by atoms with Crippen LogP contribution in [-0.2, 0) is 24.8 Å². The van der Waals surface area contributed by atoms with Gasteiger partial charge in [-0.1, -0.05) is 6.92 Å². The highest BCUT2D eigenvalue weighted by molar-refractivity contribution is 5.75. The van der Waals surface area contributed by atoms with Crippen molar-refractivity contribution in [2.24, 2.45) is 7.05 Å². The predicted octanol–water partition coefficient (Wildman–Crippen LogP) is 0.598. The van der Waals surface area contributed by atoms with Crippen molar-refractivity contribution in [3.05, 3.63) is 17.5 Å². The third kappa shape index (κ3) is 4.56. The lowest BCUT2D eigenvalue weighted by molar-refractivity contribution is -0.120. The number of amides is 1. The van der Waals surface area contributed by atoms with E-state index in [9.17, 15) is 4.79 Å². The molecule has 1 aromatic rings. The van der Waals surface area contributed by atoms with Gasteiger partial charge in [0, 0.05) is 33.1 Å². The van der Waals surface area contributed by atoms with Gasteiger partial charge in [0.1, 0.15) is 0 Å². The monoisotopic (exact) mass is 238 g/mol. The number of hydrogen-bond acceptors (Lipinski definition) is 3. The number of rotatable bonds is 7. The van der Waals surface area contributed by atoms with Gasteiger partial charge in [-0.25, -0.2) is 0 Å². The van der Waals surface area contributed by atoms with Crippen molar-refractivity contribution in [3.63, 3.8) is 0 Å². The lowest BCUT2D eigenvalue weighted by atomic mass is 10.3. The zero-order chi connectivity index (χ0) is 12.7. The molecular formula is C12H22N4O. The fourth-order valence-corrected chi connectivity index (χ4v) is 1.61. The van der Waals surface area contributed by atoms with Crippen LogP contribution in [0.3, 0.4) is 0 Å². The molecule has 0 saturated heterocycles. The van der Waals surface area contributed by atoms with Gasteiger partial charge in [-0.2, -0.15) is 5.10 Å². The maximum absolute atomic E-state index is 11.2. The number of aromatic nitrogens is 2. The first-order valence-corrected chi connectivity index (χ1v) is 6.16. The lowest BCUT2D eigenvalue weighted by Gasteiger charge is -2.05. The van der Waals surface area contributed by atoms with Crippen LogP contribution in [0, 0.1) is 0 Å². The molecule has 96 valence electrons. The second-order valence-electron chi connectivity index (χ2n) is 3.98. The van der Waals surface area contributed by atoms with Gasteiger partial charge in [-0.3, -0.25) is 9.48 Å². The third-order valence-corrected chi connectivity index (χ3v) is 2.60. The number of carbonyl (C=O) groups excluding carboxylic acids is 1. The molecule has 5 nitrogen and oxygen atoms in total. The normalized spacial score (nSPS) is 10.5. The molecule has 17 heavy (non-hydrogen) atoms. The average Bonchev–Trinajstić information content (AvgIpc) is 2.66. The van der Waals surface area contributed by atoms with Crippen molar-refractivity contribution >= 4 is 5.91 Å². The van der Waals surface area contributed by atoms with Crippen LogP contribution in [0.4, 0.5) is 0 Å². The minimum absolute atomic E-state index is 0.0965. The molecule has 0 bridgehead atoms. The Morgan fingerprint density at radius 3 is 2.82 bits per heavy atom. The van der Waals surface area contributed by atoms with E-state index in [1.807, 2.05) is 18.7 Å². The summed E-state index contributed by atoms with van der Waals surface area (Å²) in [7, 11) is 1.94. The number of aryl methyl sites for hydroxylation is 2. The van der Waals surface area contributed by atoms with Gasteiger partial charge in [0.05, 0.1) is 11.4 Å². The summed E-state index contributed by atoms with van der Waals surface area (Å²) in [6, 6.07) is 2.10. The fourth-order valence-electron chi connectivity index (χ4n) is 1.61. The molecule has 0 radical (unpaired) electrons. The van der Waals surface area contributed by atoms with Crippen molar-refractivity contribution in [2.75, 3.05) is 13.1 Å². The van der Waals surface area contributed by atoms with Gasteiger partial charge in [0.15, 0.2) is 0 Å². The first-order valence-electron chi connectivity index (χ1n) is 6.16. The molecule has 0 aliphatic carbocycles. The highest BCUT2D eigenvalue weighted by atomic mass is 16.1. The third-order valence-electron chi connectivity index (χ3n) is 2.60. The van der Waals surface area contributed by atoms with E-state index in [1.54, 1.807) is 0 Å². The topological polar surface area (TPSA) is 59.0 Å². The van der Waals surface area contributed by atoms with Gasteiger partial charge < -0.3 is 10.6 Å². The van der Waals surface area contributed by atoms with Crippen molar-refractivity contribution in [2.45, 2.75) is 33.2 Å². The van der Waals surface area contributed by atoms with Crippen LogP contribution < -0.4 is 10.6 Å². The van der Waals surface area contributed by atoms with E-state index in [2.05, 4.69) is 28.7 Å². The number of carbonyl (C=O) groups is 1. The van der Waals surface area contributed by atoms with E-state index >= 15 is 0 Å². The molecule has 0 aliphatic heterocycles. The molecule has 0 spiro atoms. The van der Waals surface area contributed by atoms with Crippen LogP contribution in [0.1, 0.15) is 31.7 Å². The standard InChI is InChI=1S/C12H22N4O/c1-4-10-8-11(16(3)15-10)9-13-7-6-12(17)14-5-2/h8,13H,4-7,9H2,1-3H3,(H,14,17). The predicted molar refractivity (Wildman–Crippen MR) is 67.6 cm³/mol. The van der Waals surface area contributed by atoms with Crippen molar-refractivity contribution in [1.29, 1.82) is 0 Å². The number of nitrogens with zero attached hydrogens (tertiary/aromatic N) is 2. The van der Waals surface area contributed by atoms with E-state index in [0.717, 1.165) is 24.4 Å². The lowest BCUT2D eigenvalue weighted by Crippen LogP contribution is -2.27. The Morgan fingerprint density at radius 2 is 2.24 bits per heavy atom. The zero-order valence-corrected chi connectivity index (χ0v) is 10.9. The molecule has 5 heteroatoms. The molecule has 0 fully saturated rings. The molecule has 1 aromatic heterocycles. The summed E-state index contributed by atoms with van der Waals surface area (Å²) in [5, 5.41) is 10.4. The second kappa shape index (κ2) is 7.06. The molecule has 1 amide bonds. The Hall–Kier alpha value is -1.36. The quantitative estimate of drug-likeness (QED) is 0.684. The van der Waals surface area contributed by atoms with Crippen LogP contribution >= 0.6 is 0 Å². The summed E-state index contributed by atoms with van der Waals surface area (Å²) in [6.07, 6.45) is 1.47. The highest BCUT2D eigenvalue weighted by Gasteiger charge is 2.03. The Morgan fingerprint density at radius 1 is 1.47 bits per heavy atom. The molecule has 0 atom stereocenters. The maximum Gasteiger partial charge on any atom is 0.221 e. The molecule has 0 saturated carbocycles. The summed E-state index contributed by atoms with van der Waals surface area (Å²) < 4.78 is 1.89. The Kier molecular flexibility index (Phi) is 5.69. The largest absolute Gasteiger partial charge is 0.356 e. The van der Waals surface area contributed by atoms with E-state index in [-0.39, 0.29) is 5.91 Å². The zero-order valence-electron chi connectivity index (χ0n) is 10.9. The van der Waals surface area contributed by atoms with E-state index < -0.39 is 0 Å². The minimum atomic E-state index is 0.0965. The number of hydrogen-bond donors (Lipinski definition) is 2. The molecule has 0 aliphatic rings. The molecular weight excluding hydrogens is 216 g/mol.